The van der Waals surface area contributed by atoms with Crippen LogP contribution in [0.1, 0.15) is 16.8 Å². The lowest BCUT2D eigenvalue weighted by molar-refractivity contribution is -0.274. The number of thioether (sulfide) groups is 1. The Morgan fingerprint density at radius 1 is 1.44 bits per heavy atom. The number of alkyl halides is 4. The second-order valence-electron chi connectivity index (χ2n) is 3.24. The molecule has 0 N–H and O–H groups in total. The minimum absolute atomic E-state index is 0.0122. The lowest BCUT2D eigenvalue weighted by Gasteiger charge is -2.14. The van der Waals surface area contributed by atoms with E-state index in [0.29, 0.717) is 10.2 Å². The van der Waals surface area contributed by atoms with Gasteiger partial charge in [0.05, 0.1) is 5.56 Å². The topological polar surface area (TPSA) is 26.3 Å². The van der Waals surface area contributed by atoms with Gasteiger partial charge in [0.25, 0.3) is 0 Å². The standard InChI is InChI=1S/C11H10BrF3O2S/c1-18-9-4-2-3-8(17-11(13,14)15)10(9)7(16)5-6-12/h2-4H,5-6H2,1H3. The van der Waals surface area contributed by atoms with Crippen molar-refractivity contribution in [2.24, 2.45) is 0 Å². The van der Waals surface area contributed by atoms with Crippen molar-refractivity contribution in [3.05, 3.63) is 23.8 Å². The molecule has 0 amide bonds. The molecule has 1 aromatic rings. The number of hydrogen-bond acceptors (Lipinski definition) is 3. The first-order valence-electron chi connectivity index (χ1n) is 4.91. The molecule has 0 heterocycles. The van der Waals surface area contributed by atoms with Crippen LogP contribution in [0.4, 0.5) is 13.2 Å². The molecule has 0 saturated heterocycles. The Morgan fingerprint density at radius 2 is 2.11 bits per heavy atom. The van der Waals surface area contributed by atoms with Gasteiger partial charge in [0.2, 0.25) is 0 Å². The third-order valence-corrected chi connectivity index (χ3v) is 3.21. The van der Waals surface area contributed by atoms with E-state index in [2.05, 4.69) is 20.7 Å². The summed E-state index contributed by atoms with van der Waals surface area (Å²) in [7, 11) is 0. The smallest absolute Gasteiger partial charge is 0.405 e. The van der Waals surface area contributed by atoms with Crippen LogP contribution in [0.25, 0.3) is 0 Å². The van der Waals surface area contributed by atoms with E-state index in [9.17, 15) is 18.0 Å². The Bertz CT molecular complexity index is 435. The van der Waals surface area contributed by atoms with Crippen molar-refractivity contribution >= 4 is 33.5 Å². The molecular weight excluding hydrogens is 333 g/mol. The first-order valence-corrected chi connectivity index (χ1v) is 7.25. The zero-order chi connectivity index (χ0) is 13.8. The summed E-state index contributed by atoms with van der Waals surface area (Å²) in [5.74, 6) is -0.823. The summed E-state index contributed by atoms with van der Waals surface area (Å²) in [5, 5.41) is 0.389. The molecule has 7 heteroatoms. The average molecular weight is 343 g/mol. The fourth-order valence-electron chi connectivity index (χ4n) is 1.38. The minimum Gasteiger partial charge on any atom is -0.405 e. The molecule has 100 valence electrons. The summed E-state index contributed by atoms with van der Waals surface area (Å²) < 4.78 is 40.7. The van der Waals surface area contributed by atoms with Crippen LogP contribution in [0.2, 0.25) is 0 Å². The van der Waals surface area contributed by atoms with Crippen LogP contribution in [0.3, 0.4) is 0 Å². The van der Waals surface area contributed by atoms with Crippen LogP contribution in [-0.4, -0.2) is 23.7 Å². The summed E-state index contributed by atoms with van der Waals surface area (Å²) in [6.45, 7) is 0. The van der Waals surface area contributed by atoms with Crippen LogP contribution in [-0.2, 0) is 0 Å². The summed E-state index contributed by atoms with van der Waals surface area (Å²) in [6, 6.07) is 4.17. The third kappa shape index (κ3) is 4.20. The molecule has 0 spiro atoms. The van der Waals surface area contributed by atoms with Crippen molar-refractivity contribution in [3.8, 4) is 5.75 Å². The number of carbonyl (C=O) groups is 1. The van der Waals surface area contributed by atoms with Crippen LogP contribution in [0, 0.1) is 0 Å². The summed E-state index contributed by atoms with van der Waals surface area (Å²) in [5.41, 5.74) is -0.0122. The van der Waals surface area contributed by atoms with Gasteiger partial charge in [0, 0.05) is 16.6 Å². The first-order chi connectivity index (χ1) is 8.39. The van der Waals surface area contributed by atoms with Gasteiger partial charge in [-0.15, -0.1) is 24.9 Å². The maximum Gasteiger partial charge on any atom is 0.573 e. The van der Waals surface area contributed by atoms with E-state index in [0.717, 1.165) is 6.07 Å². The fraction of sp³-hybridized carbons (Fsp3) is 0.364. The van der Waals surface area contributed by atoms with Gasteiger partial charge in [-0.3, -0.25) is 4.79 Å². The van der Waals surface area contributed by atoms with E-state index in [4.69, 9.17) is 0 Å². The second kappa shape index (κ2) is 6.47. The quantitative estimate of drug-likeness (QED) is 0.454. The maximum atomic E-state index is 12.3. The SMILES string of the molecule is CSc1cccc(OC(F)(F)F)c1C(=O)CCBr. The monoisotopic (exact) mass is 342 g/mol. The molecule has 0 saturated carbocycles. The molecule has 0 aliphatic heterocycles. The van der Waals surface area contributed by atoms with Gasteiger partial charge in [-0.1, -0.05) is 22.0 Å². The predicted molar refractivity (Wildman–Crippen MR) is 67.6 cm³/mol. The summed E-state index contributed by atoms with van der Waals surface area (Å²) in [4.78, 5) is 12.3. The number of benzene rings is 1. The Balaban J connectivity index is 3.20. The molecule has 0 bridgehead atoms. The largest absolute Gasteiger partial charge is 0.573 e. The highest BCUT2D eigenvalue weighted by molar-refractivity contribution is 9.09. The van der Waals surface area contributed by atoms with Crippen molar-refractivity contribution in [2.45, 2.75) is 17.7 Å². The Kier molecular flexibility index (Phi) is 5.52. The van der Waals surface area contributed by atoms with Crippen LogP contribution in [0.5, 0.6) is 5.75 Å². The zero-order valence-corrected chi connectivity index (χ0v) is 11.8. The molecule has 0 unspecified atom stereocenters. The fourth-order valence-corrected chi connectivity index (χ4v) is 2.37. The van der Waals surface area contributed by atoms with Gasteiger partial charge >= 0.3 is 6.36 Å². The number of carbonyl (C=O) groups excluding carboxylic acids is 1. The van der Waals surface area contributed by atoms with Gasteiger partial charge < -0.3 is 4.74 Å². The van der Waals surface area contributed by atoms with Crippen LogP contribution in [0.15, 0.2) is 23.1 Å². The molecule has 0 atom stereocenters. The molecule has 0 aliphatic carbocycles. The third-order valence-electron chi connectivity index (χ3n) is 2.03. The van der Waals surface area contributed by atoms with Gasteiger partial charge in [0.15, 0.2) is 5.78 Å². The number of ether oxygens (including phenoxy) is 1. The Labute approximate surface area is 115 Å². The summed E-state index contributed by atoms with van der Waals surface area (Å²) in [6.07, 6.45) is -3.00. The van der Waals surface area contributed by atoms with E-state index in [-0.39, 0.29) is 17.8 Å². The van der Waals surface area contributed by atoms with E-state index in [1.807, 2.05) is 0 Å². The molecule has 0 aromatic heterocycles. The van der Waals surface area contributed by atoms with E-state index < -0.39 is 12.1 Å². The van der Waals surface area contributed by atoms with Crippen molar-refractivity contribution in [3.63, 3.8) is 0 Å². The summed E-state index contributed by atoms with van der Waals surface area (Å²) >= 11 is 4.30. The highest BCUT2D eigenvalue weighted by Crippen LogP contribution is 2.33. The maximum absolute atomic E-state index is 12.3. The number of ketones is 1. The highest BCUT2D eigenvalue weighted by Gasteiger charge is 2.33. The van der Waals surface area contributed by atoms with Crippen molar-refractivity contribution in [2.75, 3.05) is 11.6 Å². The first kappa shape index (κ1) is 15.4. The molecule has 1 aromatic carbocycles. The number of rotatable bonds is 5. The molecule has 0 aliphatic rings. The highest BCUT2D eigenvalue weighted by atomic mass is 79.9. The van der Waals surface area contributed by atoms with E-state index >= 15 is 0 Å². The van der Waals surface area contributed by atoms with Crippen LogP contribution >= 0.6 is 27.7 Å². The van der Waals surface area contributed by atoms with Gasteiger partial charge in [-0.25, -0.2) is 0 Å². The number of halogens is 4. The van der Waals surface area contributed by atoms with Crippen molar-refractivity contribution in [1.82, 2.24) is 0 Å². The minimum atomic E-state index is -4.81. The zero-order valence-electron chi connectivity index (χ0n) is 9.38. The normalized spacial score (nSPS) is 11.4. The molecule has 2 nitrogen and oxygen atoms in total. The number of Topliss-reactive ketones (excluding diaryl/α,β-unsaturated/α-hetero) is 1. The molecule has 0 fully saturated rings. The van der Waals surface area contributed by atoms with Crippen molar-refractivity contribution in [1.29, 1.82) is 0 Å². The molecule has 18 heavy (non-hydrogen) atoms. The Hall–Kier alpha value is -0.690. The van der Waals surface area contributed by atoms with Crippen molar-refractivity contribution < 1.29 is 22.7 Å². The molecular formula is C11H10BrF3O2S. The lowest BCUT2D eigenvalue weighted by Crippen LogP contribution is -2.19. The molecule has 0 radical (unpaired) electrons. The van der Waals surface area contributed by atoms with Gasteiger partial charge in [-0.05, 0) is 18.4 Å². The second-order valence-corrected chi connectivity index (χ2v) is 4.88. The Morgan fingerprint density at radius 3 is 2.61 bits per heavy atom. The van der Waals surface area contributed by atoms with Gasteiger partial charge in [-0.2, -0.15) is 0 Å². The van der Waals surface area contributed by atoms with Crippen LogP contribution < -0.4 is 4.74 Å². The van der Waals surface area contributed by atoms with E-state index in [1.54, 1.807) is 12.3 Å². The predicted octanol–water partition coefficient (Wildman–Crippen LogP) is 4.27. The lowest BCUT2D eigenvalue weighted by atomic mass is 10.1. The van der Waals surface area contributed by atoms with E-state index in [1.165, 1.54) is 17.8 Å². The van der Waals surface area contributed by atoms with Gasteiger partial charge in [0.1, 0.15) is 5.75 Å². The molecule has 1 rings (SSSR count). The average Bonchev–Trinajstić information content (AvgIpc) is 2.26. The number of hydrogen-bond donors (Lipinski definition) is 0.